The predicted molar refractivity (Wildman–Crippen MR) is 74.8 cm³/mol. The Bertz CT molecular complexity index is 553. The summed E-state index contributed by atoms with van der Waals surface area (Å²) in [7, 11) is 1.87. The number of amides is 1. The monoisotopic (exact) mass is 295 g/mol. The van der Waals surface area contributed by atoms with Gasteiger partial charge in [0.2, 0.25) is 5.91 Å². The molecule has 7 nitrogen and oxygen atoms in total. The molecule has 1 aromatic heterocycles. The molecule has 0 aliphatic carbocycles. The Morgan fingerprint density at radius 1 is 1.38 bits per heavy atom. The molecule has 1 aromatic rings. The smallest absolute Gasteiger partial charge is 0.303 e. The number of morpholine rings is 1. The van der Waals surface area contributed by atoms with E-state index in [1.165, 1.54) is 0 Å². The number of carbonyl (C=O) groups is 2. The van der Waals surface area contributed by atoms with E-state index in [0.29, 0.717) is 19.8 Å². The Balaban J connectivity index is 2.22. The topological polar surface area (TPSA) is 84.7 Å². The van der Waals surface area contributed by atoms with Crippen molar-refractivity contribution in [3.05, 3.63) is 17.0 Å². The highest BCUT2D eigenvalue weighted by atomic mass is 16.5. The number of nitrogens with zero attached hydrogens (tertiary/aromatic N) is 3. The van der Waals surface area contributed by atoms with E-state index in [1.807, 2.05) is 20.9 Å². The molecule has 7 heteroatoms. The van der Waals surface area contributed by atoms with Crippen LogP contribution in [0.1, 0.15) is 35.8 Å². The average Bonchev–Trinajstić information content (AvgIpc) is 2.69. The number of ether oxygens (including phenoxy) is 1. The van der Waals surface area contributed by atoms with Gasteiger partial charge in [-0.25, -0.2) is 0 Å². The maximum Gasteiger partial charge on any atom is 0.303 e. The molecular formula is C14H21N3O4. The quantitative estimate of drug-likeness (QED) is 0.888. The highest BCUT2D eigenvalue weighted by Gasteiger charge is 2.32. The van der Waals surface area contributed by atoms with Gasteiger partial charge in [0.1, 0.15) is 0 Å². The molecule has 1 unspecified atom stereocenters. The van der Waals surface area contributed by atoms with Gasteiger partial charge in [0, 0.05) is 31.3 Å². The van der Waals surface area contributed by atoms with Crippen LogP contribution in [-0.2, 0) is 21.4 Å². The first kappa shape index (κ1) is 15.5. The molecule has 2 heterocycles. The fourth-order valence-electron chi connectivity index (χ4n) is 2.77. The summed E-state index contributed by atoms with van der Waals surface area (Å²) in [4.78, 5) is 24.7. The molecule has 0 spiro atoms. The molecule has 116 valence electrons. The SMILES string of the molecule is Cc1nn(C)c(C)c1C1COCCN1C(=O)CCC(=O)O. The van der Waals surface area contributed by atoms with E-state index < -0.39 is 5.97 Å². The number of hydrogen-bond acceptors (Lipinski definition) is 4. The predicted octanol–water partition coefficient (Wildman–Crippen LogP) is 0.802. The van der Waals surface area contributed by atoms with Gasteiger partial charge in [-0.15, -0.1) is 0 Å². The summed E-state index contributed by atoms with van der Waals surface area (Å²) >= 11 is 0. The molecule has 21 heavy (non-hydrogen) atoms. The number of carboxylic acid groups (broad SMARTS) is 1. The molecule has 1 amide bonds. The first-order valence-electron chi connectivity index (χ1n) is 7.01. The largest absolute Gasteiger partial charge is 0.481 e. The van der Waals surface area contributed by atoms with Crippen LogP contribution in [0.3, 0.4) is 0 Å². The maximum atomic E-state index is 12.3. The number of carbonyl (C=O) groups excluding carboxylic acids is 1. The Kier molecular flexibility index (Phi) is 4.62. The molecule has 1 N–H and O–H groups in total. The van der Waals surface area contributed by atoms with E-state index in [9.17, 15) is 9.59 Å². The van der Waals surface area contributed by atoms with E-state index in [0.717, 1.165) is 17.0 Å². The fraction of sp³-hybridized carbons (Fsp3) is 0.643. The van der Waals surface area contributed by atoms with Gasteiger partial charge in [0.15, 0.2) is 0 Å². The van der Waals surface area contributed by atoms with Crippen molar-refractivity contribution in [2.75, 3.05) is 19.8 Å². The van der Waals surface area contributed by atoms with E-state index in [2.05, 4.69) is 5.10 Å². The molecule has 0 aromatic carbocycles. The lowest BCUT2D eigenvalue weighted by Gasteiger charge is -2.36. The molecule has 1 saturated heterocycles. The number of rotatable bonds is 4. The lowest BCUT2D eigenvalue weighted by atomic mass is 10.0. The summed E-state index contributed by atoms with van der Waals surface area (Å²) in [5.74, 6) is -1.10. The summed E-state index contributed by atoms with van der Waals surface area (Å²) in [6.45, 7) is 5.26. The number of aryl methyl sites for hydroxylation is 2. The highest BCUT2D eigenvalue weighted by Crippen LogP contribution is 2.29. The van der Waals surface area contributed by atoms with E-state index in [-0.39, 0.29) is 24.8 Å². The van der Waals surface area contributed by atoms with Gasteiger partial charge in [-0.2, -0.15) is 5.10 Å². The van der Waals surface area contributed by atoms with Crippen LogP contribution in [0.4, 0.5) is 0 Å². The normalized spacial score (nSPS) is 18.8. The number of aromatic nitrogens is 2. The molecule has 2 rings (SSSR count). The zero-order valence-corrected chi connectivity index (χ0v) is 12.6. The molecule has 1 fully saturated rings. The van der Waals surface area contributed by atoms with Crippen LogP contribution in [-0.4, -0.2) is 51.4 Å². The summed E-state index contributed by atoms with van der Waals surface area (Å²) in [6.07, 6.45) is -0.127. The van der Waals surface area contributed by atoms with Crippen molar-refractivity contribution in [2.45, 2.75) is 32.7 Å². The standard InChI is InChI=1S/C14H21N3O4/c1-9-14(10(2)16(3)15-9)11-8-21-7-6-17(11)12(18)4-5-13(19)20/h11H,4-8H2,1-3H3,(H,19,20). The van der Waals surface area contributed by atoms with Crippen molar-refractivity contribution in [1.29, 1.82) is 0 Å². The summed E-state index contributed by atoms with van der Waals surface area (Å²) in [5, 5.41) is 13.1. The van der Waals surface area contributed by atoms with Crippen LogP contribution in [0.25, 0.3) is 0 Å². The molecule has 0 radical (unpaired) electrons. The minimum absolute atomic E-state index is 0.0180. The molecule has 1 atom stereocenters. The third-order valence-corrected chi connectivity index (χ3v) is 3.90. The Morgan fingerprint density at radius 3 is 2.67 bits per heavy atom. The molecular weight excluding hydrogens is 274 g/mol. The number of hydrogen-bond donors (Lipinski definition) is 1. The van der Waals surface area contributed by atoms with Crippen molar-refractivity contribution in [3.8, 4) is 0 Å². The van der Waals surface area contributed by atoms with Gasteiger partial charge in [0.05, 0.1) is 31.4 Å². The highest BCUT2D eigenvalue weighted by molar-refractivity contribution is 5.81. The van der Waals surface area contributed by atoms with E-state index >= 15 is 0 Å². The van der Waals surface area contributed by atoms with Crippen molar-refractivity contribution in [2.24, 2.45) is 7.05 Å². The number of aliphatic carboxylic acids is 1. The van der Waals surface area contributed by atoms with Gasteiger partial charge in [-0.1, -0.05) is 0 Å². The minimum Gasteiger partial charge on any atom is -0.481 e. The summed E-state index contributed by atoms with van der Waals surface area (Å²) in [5.41, 5.74) is 2.88. The molecule has 1 aliphatic heterocycles. The van der Waals surface area contributed by atoms with Crippen molar-refractivity contribution < 1.29 is 19.4 Å². The van der Waals surface area contributed by atoms with Crippen LogP contribution in [0.5, 0.6) is 0 Å². The zero-order valence-electron chi connectivity index (χ0n) is 12.6. The zero-order chi connectivity index (χ0) is 15.6. The van der Waals surface area contributed by atoms with E-state index in [4.69, 9.17) is 9.84 Å². The Morgan fingerprint density at radius 2 is 2.10 bits per heavy atom. The van der Waals surface area contributed by atoms with Gasteiger partial charge in [-0.05, 0) is 13.8 Å². The Hall–Kier alpha value is -1.89. The van der Waals surface area contributed by atoms with E-state index in [1.54, 1.807) is 9.58 Å². The first-order valence-corrected chi connectivity index (χ1v) is 7.01. The van der Waals surface area contributed by atoms with Crippen LogP contribution < -0.4 is 0 Å². The second-order valence-electron chi connectivity index (χ2n) is 5.28. The van der Waals surface area contributed by atoms with Gasteiger partial charge in [-0.3, -0.25) is 14.3 Å². The summed E-state index contributed by atoms with van der Waals surface area (Å²) < 4.78 is 7.31. The van der Waals surface area contributed by atoms with Gasteiger partial charge < -0.3 is 14.7 Å². The minimum atomic E-state index is -0.957. The second-order valence-corrected chi connectivity index (χ2v) is 5.28. The summed E-state index contributed by atoms with van der Waals surface area (Å²) in [6, 6.07) is -0.186. The van der Waals surface area contributed by atoms with Crippen molar-refractivity contribution >= 4 is 11.9 Å². The Labute approximate surface area is 123 Å². The third-order valence-electron chi connectivity index (χ3n) is 3.90. The number of carboxylic acids is 1. The van der Waals surface area contributed by atoms with Gasteiger partial charge >= 0.3 is 5.97 Å². The van der Waals surface area contributed by atoms with Gasteiger partial charge in [0.25, 0.3) is 0 Å². The van der Waals surface area contributed by atoms with Crippen LogP contribution >= 0.6 is 0 Å². The molecule has 0 bridgehead atoms. The first-order chi connectivity index (χ1) is 9.91. The van der Waals surface area contributed by atoms with Crippen LogP contribution in [0, 0.1) is 13.8 Å². The maximum absolute atomic E-state index is 12.3. The molecule has 1 aliphatic rings. The van der Waals surface area contributed by atoms with Crippen LogP contribution in [0.15, 0.2) is 0 Å². The van der Waals surface area contributed by atoms with Crippen molar-refractivity contribution in [1.82, 2.24) is 14.7 Å². The average molecular weight is 295 g/mol. The van der Waals surface area contributed by atoms with Crippen LogP contribution in [0.2, 0.25) is 0 Å². The lowest BCUT2D eigenvalue weighted by molar-refractivity contribution is -0.145. The molecule has 0 saturated carbocycles. The third kappa shape index (κ3) is 3.24. The lowest BCUT2D eigenvalue weighted by Crippen LogP contribution is -2.43. The fourth-order valence-corrected chi connectivity index (χ4v) is 2.77. The van der Waals surface area contributed by atoms with Crippen molar-refractivity contribution in [3.63, 3.8) is 0 Å². The second kappa shape index (κ2) is 6.26.